The van der Waals surface area contributed by atoms with Gasteiger partial charge in [-0.1, -0.05) is 0 Å². The van der Waals surface area contributed by atoms with Gasteiger partial charge in [-0.3, -0.25) is 0 Å². The summed E-state index contributed by atoms with van der Waals surface area (Å²) in [6.45, 7) is 5.09. The molecule has 1 N–H and O–H groups in total. The van der Waals surface area contributed by atoms with E-state index in [9.17, 15) is 4.79 Å². The molecule has 0 aliphatic carbocycles. The third-order valence-corrected chi connectivity index (χ3v) is 2.37. The Balaban J connectivity index is 2.45. The molecule has 0 bridgehead atoms. The average Bonchev–Trinajstić information content (AvgIpc) is 2.75. The monoisotopic (exact) mass is 255 g/mol. The quantitative estimate of drug-likeness (QED) is 0.746. The van der Waals surface area contributed by atoms with Crippen LogP contribution in [0.2, 0.25) is 0 Å². The molecule has 0 saturated heterocycles. The first-order chi connectivity index (χ1) is 8.52. The van der Waals surface area contributed by atoms with E-state index >= 15 is 0 Å². The molecular weight excluding hydrogens is 234 g/mol. The minimum atomic E-state index is -0.463. The number of ether oxygens (including phenoxy) is 1. The van der Waals surface area contributed by atoms with E-state index < -0.39 is 5.97 Å². The number of nitrogens with zero attached hydrogens (tertiary/aromatic N) is 2. The number of rotatable bonds is 7. The first kappa shape index (κ1) is 14.5. The van der Waals surface area contributed by atoms with Gasteiger partial charge in [-0.25, -0.2) is 4.79 Å². The van der Waals surface area contributed by atoms with Gasteiger partial charge in [-0.05, 0) is 40.9 Å². The van der Waals surface area contributed by atoms with Crippen molar-refractivity contribution < 1.29 is 13.9 Å². The van der Waals surface area contributed by atoms with Gasteiger partial charge in [-0.2, -0.15) is 4.98 Å². The van der Waals surface area contributed by atoms with E-state index in [2.05, 4.69) is 15.2 Å². The van der Waals surface area contributed by atoms with E-state index in [0.717, 1.165) is 13.0 Å². The Hall–Kier alpha value is -1.56. The van der Waals surface area contributed by atoms with Crippen LogP contribution in [0.25, 0.3) is 0 Å². The number of aromatic nitrogens is 1. The van der Waals surface area contributed by atoms with Crippen LogP contribution >= 0.6 is 0 Å². The molecule has 0 aromatic carbocycles. The molecule has 0 aliphatic rings. The maximum Gasteiger partial charge on any atom is 0.360 e. The summed E-state index contributed by atoms with van der Waals surface area (Å²) in [5.41, 5.74) is 0.194. The van der Waals surface area contributed by atoms with Gasteiger partial charge in [0.05, 0.1) is 6.61 Å². The normalized spacial score (nSPS) is 12.5. The lowest BCUT2D eigenvalue weighted by atomic mass is 10.2. The van der Waals surface area contributed by atoms with Gasteiger partial charge in [0.2, 0.25) is 0 Å². The largest absolute Gasteiger partial charge is 0.461 e. The van der Waals surface area contributed by atoms with E-state index in [-0.39, 0.29) is 11.7 Å². The molecule has 0 fully saturated rings. The minimum absolute atomic E-state index is 0.194. The zero-order chi connectivity index (χ0) is 13.5. The predicted molar refractivity (Wildman–Crippen MR) is 68.7 cm³/mol. The van der Waals surface area contributed by atoms with Gasteiger partial charge >= 0.3 is 5.97 Å². The molecule has 1 heterocycles. The van der Waals surface area contributed by atoms with Crippen molar-refractivity contribution in [3.63, 3.8) is 0 Å². The second-order valence-electron chi connectivity index (χ2n) is 4.40. The first-order valence-corrected chi connectivity index (χ1v) is 6.06. The molecule has 0 spiro atoms. The van der Waals surface area contributed by atoms with Gasteiger partial charge < -0.3 is 19.4 Å². The Morgan fingerprint density at radius 2 is 2.33 bits per heavy atom. The van der Waals surface area contributed by atoms with Crippen molar-refractivity contribution in [2.45, 2.75) is 26.3 Å². The highest BCUT2D eigenvalue weighted by atomic mass is 16.5. The zero-order valence-electron chi connectivity index (χ0n) is 11.4. The van der Waals surface area contributed by atoms with Crippen LogP contribution in [0.15, 0.2) is 10.7 Å². The molecule has 6 heteroatoms. The molecule has 1 aromatic rings. The third-order valence-electron chi connectivity index (χ3n) is 2.37. The van der Waals surface area contributed by atoms with Crippen LogP contribution in [-0.2, 0) is 4.74 Å². The fourth-order valence-electron chi connectivity index (χ4n) is 1.37. The number of hydrogen-bond acceptors (Lipinski definition) is 6. The van der Waals surface area contributed by atoms with Crippen LogP contribution in [0.4, 0.5) is 6.01 Å². The summed E-state index contributed by atoms with van der Waals surface area (Å²) in [5.74, 6) is -0.463. The zero-order valence-corrected chi connectivity index (χ0v) is 11.4. The van der Waals surface area contributed by atoms with Crippen molar-refractivity contribution >= 4 is 12.0 Å². The Morgan fingerprint density at radius 3 is 2.94 bits per heavy atom. The number of esters is 1. The Kier molecular flexibility index (Phi) is 5.64. The van der Waals surface area contributed by atoms with Gasteiger partial charge in [-0.15, -0.1) is 0 Å². The van der Waals surface area contributed by atoms with Gasteiger partial charge in [0.25, 0.3) is 6.01 Å². The van der Waals surface area contributed by atoms with Gasteiger partial charge in [0.1, 0.15) is 6.26 Å². The average molecular weight is 255 g/mol. The van der Waals surface area contributed by atoms with Crippen molar-refractivity contribution in [2.75, 3.05) is 32.6 Å². The molecule has 0 amide bonds. The number of carbonyl (C=O) groups excluding carboxylic acids is 1. The highest BCUT2D eigenvalue weighted by molar-refractivity contribution is 5.87. The number of oxazole rings is 1. The Bertz CT molecular complexity index is 376. The molecule has 1 rings (SSSR count). The summed E-state index contributed by atoms with van der Waals surface area (Å²) in [5, 5.41) is 3.10. The number of carbonyl (C=O) groups is 1. The van der Waals surface area contributed by atoms with Crippen molar-refractivity contribution in [3.05, 3.63) is 12.0 Å². The van der Waals surface area contributed by atoms with Crippen LogP contribution in [0.1, 0.15) is 30.8 Å². The van der Waals surface area contributed by atoms with Gasteiger partial charge in [0.15, 0.2) is 5.69 Å². The van der Waals surface area contributed by atoms with E-state index in [1.54, 1.807) is 6.92 Å². The van der Waals surface area contributed by atoms with E-state index in [1.807, 2.05) is 21.0 Å². The maximum absolute atomic E-state index is 11.4. The summed E-state index contributed by atoms with van der Waals surface area (Å²) < 4.78 is 10.0. The number of hydrogen-bond donors (Lipinski definition) is 1. The van der Waals surface area contributed by atoms with Crippen molar-refractivity contribution in [1.29, 1.82) is 0 Å². The van der Waals surface area contributed by atoms with Crippen LogP contribution in [-0.4, -0.2) is 49.1 Å². The van der Waals surface area contributed by atoms with Crippen LogP contribution < -0.4 is 5.32 Å². The smallest absolute Gasteiger partial charge is 0.360 e. The second-order valence-corrected chi connectivity index (χ2v) is 4.40. The molecule has 1 atom stereocenters. The molecular formula is C12H21N3O3. The number of nitrogens with one attached hydrogen (secondary N) is 1. The molecule has 0 aliphatic heterocycles. The Labute approximate surface area is 107 Å². The van der Waals surface area contributed by atoms with Crippen LogP contribution in [0, 0.1) is 0 Å². The lowest BCUT2D eigenvalue weighted by Gasteiger charge is -2.15. The molecule has 6 nitrogen and oxygen atoms in total. The first-order valence-electron chi connectivity index (χ1n) is 6.06. The summed E-state index contributed by atoms with van der Waals surface area (Å²) in [6.07, 6.45) is 2.27. The Morgan fingerprint density at radius 1 is 1.61 bits per heavy atom. The molecule has 102 valence electrons. The van der Waals surface area contributed by atoms with E-state index in [4.69, 9.17) is 9.15 Å². The van der Waals surface area contributed by atoms with E-state index in [1.165, 1.54) is 6.26 Å². The molecule has 1 unspecified atom stereocenters. The highest BCUT2D eigenvalue weighted by Gasteiger charge is 2.14. The molecule has 18 heavy (non-hydrogen) atoms. The topological polar surface area (TPSA) is 67.6 Å². The second kappa shape index (κ2) is 7.00. The fourth-order valence-corrected chi connectivity index (χ4v) is 1.37. The minimum Gasteiger partial charge on any atom is -0.461 e. The molecule has 0 saturated carbocycles. The maximum atomic E-state index is 11.4. The van der Waals surface area contributed by atoms with Crippen LogP contribution in [0.3, 0.4) is 0 Å². The molecule has 1 aromatic heterocycles. The van der Waals surface area contributed by atoms with Crippen molar-refractivity contribution in [2.24, 2.45) is 0 Å². The lowest BCUT2D eigenvalue weighted by molar-refractivity contribution is 0.0519. The predicted octanol–water partition coefficient (Wildman–Crippen LogP) is 1.60. The van der Waals surface area contributed by atoms with Crippen LogP contribution in [0.5, 0.6) is 0 Å². The van der Waals surface area contributed by atoms with Crippen molar-refractivity contribution in [3.8, 4) is 0 Å². The van der Waals surface area contributed by atoms with Crippen molar-refractivity contribution in [1.82, 2.24) is 9.88 Å². The summed E-state index contributed by atoms with van der Waals surface area (Å²) >= 11 is 0. The fraction of sp³-hybridized carbons (Fsp3) is 0.667. The summed E-state index contributed by atoms with van der Waals surface area (Å²) in [6, 6.07) is 0.574. The van der Waals surface area contributed by atoms with Gasteiger partial charge in [0, 0.05) is 6.04 Å². The number of anilines is 1. The standard InChI is InChI=1S/C12H21N3O3/c1-5-17-11(16)10-8-18-12(14-10)13-9(2)6-7-15(3)4/h8-9H,5-7H2,1-4H3,(H,13,14). The SMILES string of the molecule is CCOC(=O)c1coc(NC(C)CCN(C)C)n1. The third kappa shape index (κ3) is 4.75. The lowest BCUT2D eigenvalue weighted by Crippen LogP contribution is -2.23. The van der Waals surface area contributed by atoms with E-state index in [0.29, 0.717) is 12.6 Å². The summed E-state index contributed by atoms with van der Waals surface area (Å²) in [4.78, 5) is 17.5. The molecule has 0 radical (unpaired) electrons. The highest BCUT2D eigenvalue weighted by Crippen LogP contribution is 2.11. The summed E-state index contributed by atoms with van der Waals surface area (Å²) in [7, 11) is 4.05.